The lowest BCUT2D eigenvalue weighted by atomic mass is 10.0. The van der Waals surface area contributed by atoms with Gasteiger partial charge < -0.3 is 10.0 Å². The predicted molar refractivity (Wildman–Crippen MR) is 83.6 cm³/mol. The molecule has 1 N–H and O–H groups in total. The Morgan fingerprint density at radius 3 is 2.70 bits per heavy atom. The highest BCUT2D eigenvalue weighted by Gasteiger charge is 2.57. The van der Waals surface area contributed by atoms with Crippen LogP contribution in [0.4, 0.5) is 18.9 Å². The molecule has 124 valence electrons. The van der Waals surface area contributed by atoms with Crippen LogP contribution in [0.1, 0.15) is 25.5 Å². The number of para-hydroxylation sites is 1. The number of alkyl halides is 3. The molecule has 1 fully saturated rings. The molecule has 1 atom stereocenters. The summed E-state index contributed by atoms with van der Waals surface area (Å²) < 4.78 is 39.2. The highest BCUT2D eigenvalue weighted by molar-refractivity contribution is 5.92. The number of fused-ring (bicyclic) bond motifs is 1. The Kier molecular flexibility index (Phi) is 3.96. The summed E-state index contributed by atoms with van der Waals surface area (Å²) in [6.07, 6.45) is -3.24. The number of anilines is 1. The van der Waals surface area contributed by atoms with E-state index >= 15 is 0 Å². The maximum absolute atomic E-state index is 13.1. The molecule has 2 aromatic rings. The molecule has 1 aromatic carbocycles. The minimum absolute atomic E-state index is 0.176. The van der Waals surface area contributed by atoms with E-state index in [0.717, 1.165) is 35.1 Å². The maximum atomic E-state index is 13.1. The first-order valence-electron chi connectivity index (χ1n) is 7.77. The number of halogens is 3. The Labute approximate surface area is 132 Å². The van der Waals surface area contributed by atoms with E-state index in [-0.39, 0.29) is 13.0 Å². The first-order valence-corrected chi connectivity index (χ1v) is 7.77. The van der Waals surface area contributed by atoms with Gasteiger partial charge in [0.1, 0.15) is 0 Å². The number of hydrogen-bond acceptors (Lipinski definition) is 3. The third-order valence-electron chi connectivity index (χ3n) is 4.37. The Bertz CT molecular complexity index is 717. The minimum Gasteiger partial charge on any atom is -0.379 e. The van der Waals surface area contributed by atoms with Crippen LogP contribution in [-0.2, 0) is 6.42 Å². The monoisotopic (exact) mass is 324 g/mol. The molecule has 1 aliphatic heterocycles. The molecule has 1 saturated heterocycles. The van der Waals surface area contributed by atoms with Gasteiger partial charge in [-0.2, -0.15) is 13.2 Å². The second-order valence-electron chi connectivity index (χ2n) is 6.10. The first-order chi connectivity index (χ1) is 10.8. The molecular formula is C17H19F3N2O. The van der Waals surface area contributed by atoms with Gasteiger partial charge in [0.2, 0.25) is 0 Å². The van der Waals surface area contributed by atoms with E-state index in [4.69, 9.17) is 0 Å². The summed E-state index contributed by atoms with van der Waals surface area (Å²) in [5, 5.41) is 10.7. The SMILES string of the molecule is CCCc1cc(N2CCC(O)(C(F)(F)F)C2)c2ccccc2n1. The molecule has 1 unspecified atom stereocenters. The molecule has 0 bridgehead atoms. The van der Waals surface area contributed by atoms with E-state index in [0.29, 0.717) is 0 Å². The van der Waals surface area contributed by atoms with Crippen LogP contribution in [0, 0.1) is 0 Å². The Morgan fingerprint density at radius 1 is 1.30 bits per heavy atom. The van der Waals surface area contributed by atoms with Crippen molar-refractivity contribution in [2.75, 3.05) is 18.0 Å². The van der Waals surface area contributed by atoms with Crippen LogP contribution in [0.25, 0.3) is 10.9 Å². The molecule has 2 heterocycles. The Balaban J connectivity index is 2.03. The van der Waals surface area contributed by atoms with E-state index in [1.54, 1.807) is 4.90 Å². The zero-order valence-corrected chi connectivity index (χ0v) is 12.9. The van der Waals surface area contributed by atoms with Crippen LogP contribution in [0.5, 0.6) is 0 Å². The van der Waals surface area contributed by atoms with Crippen molar-refractivity contribution in [3.63, 3.8) is 0 Å². The van der Waals surface area contributed by atoms with Crippen molar-refractivity contribution in [2.24, 2.45) is 0 Å². The van der Waals surface area contributed by atoms with Crippen molar-refractivity contribution in [3.05, 3.63) is 36.0 Å². The van der Waals surface area contributed by atoms with Gasteiger partial charge in [0.05, 0.1) is 12.1 Å². The second-order valence-corrected chi connectivity index (χ2v) is 6.10. The van der Waals surface area contributed by atoms with E-state index in [9.17, 15) is 18.3 Å². The molecular weight excluding hydrogens is 305 g/mol. The number of pyridine rings is 1. The summed E-state index contributed by atoms with van der Waals surface area (Å²) in [4.78, 5) is 6.19. The van der Waals surface area contributed by atoms with Crippen LogP contribution in [0.3, 0.4) is 0 Å². The van der Waals surface area contributed by atoms with Crippen LogP contribution in [0.2, 0.25) is 0 Å². The third-order valence-corrected chi connectivity index (χ3v) is 4.37. The zero-order chi connectivity index (χ0) is 16.7. The largest absolute Gasteiger partial charge is 0.418 e. The summed E-state index contributed by atoms with van der Waals surface area (Å²) in [6, 6.07) is 9.29. The van der Waals surface area contributed by atoms with Crippen molar-refractivity contribution in [3.8, 4) is 0 Å². The fraction of sp³-hybridized carbons (Fsp3) is 0.471. The van der Waals surface area contributed by atoms with Crippen molar-refractivity contribution < 1.29 is 18.3 Å². The summed E-state index contributed by atoms with van der Waals surface area (Å²) in [7, 11) is 0. The summed E-state index contributed by atoms with van der Waals surface area (Å²) in [5.41, 5.74) is -0.277. The van der Waals surface area contributed by atoms with Crippen molar-refractivity contribution in [1.29, 1.82) is 0 Å². The second kappa shape index (κ2) is 5.67. The van der Waals surface area contributed by atoms with E-state index < -0.39 is 18.3 Å². The molecule has 0 aliphatic carbocycles. The van der Waals surface area contributed by atoms with Crippen LogP contribution < -0.4 is 4.90 Å². The fourth-order valence-electron chi connectivity index (χ4n) is 3.09. The van der Waals surface area contributed by atoms with Gasteiger partial charge in [-0.25, -0.2) is 0 Å². The minimum atomic E-state index is -4.61. The quantitative estimate of drug-likeness (QED) is 0.935. The predicted octanol–water partition coefficient (Wildman–Crippen LogP) is 3.69. The van der Waals surface area contributed by atoms with Crippen molar-refractivity contribution in [1.82, 2.24) is 4.98 Å². The molecule has 3 rings (SSSR count). The lowest BCUT2D eigenvalue weighted by molar-refractivity contribution is -0.250. The average molecular weight is 324 g/mol. The molecule has 1 aliphatic rings. The van der Waals surface area contributed by atoms with Crippen LogP contribution in [0.15, 0.2) is 30.3 Å². The molecule has 0 spiro atoms. The van der Waals surface area contributed by atoms with E-state index in [1.807, 2.05) is 37.3 Å². The molecule has 0 saturated carbocycles. The highest BCUT2D eigenvalue weighted by Crippen LogP contribution is 2.40. The van der Waals surface area contributed by atoms with E-state index in [2.05, 4.69) is 4.98 Å². The molecule has 0 radical (unpaired) electrons. The van der Waals surface area contributed by atoms with Gasteiger partial charge >= 0.3 is 6.18 Å². The maximum Gasteiger partial charge on any atom is 0.418 e. The number of aryl methyl sites for hydroxylation is 1. The van der Waals surface area contributed by atoms with Gasteiger partial charge in [0, 0.05) is 29.7 Å². The van der Waals surface area contributed by atoms with Crippen LogP contribution in [-0.4, -0.2) is 35.0 Å². The molecule has 0 amide bonds. The van der Waals surface area contributed by atoms with Crippen molar-refractivity contribution >= 4 is 16.6 Å². The molecule has 23 heavy (non-hydrogen) atoms. The number of β-amino-alcohol motifs (C(OH)–C–C–N with tert-alkyl or cyclic N) is 1. The van der Waals surface area contributed by atoms with Gasteiger partial charge in [0.25, 0.3) is 0 Å². The topological polar surface area (TPSA) is 36.4 Å². The van der Waals surface area contributed by atoms with Gasteiger partial charge in [-0.1, -0.05) is 31.5 Å². The standard InChI is InChI=1S/C17H19F3N2O/c1-2-5-12-10-15(13-6-3-4-7-14(13)21-12)22-9-8-16(23,11-22)17(18,19)20/h3-4,6-7,10,23H,2,5,8-9,11H2,1H3. The summed E-state index contributed by atoms with van der Waals surface area (Å²) in [6.45, 7) is 1.78. The van der Waals surface area contributed by atoms with Gasteiger partial charge in [-0.05, 0) is 18.6 Å². The number of benzene rings is 1. The van der Waals surface area contributed by atoms with Crippen LogP contribution >= 0.6 is 0 Å². The Hall–Kier alpha value is -1.82. The Morgan fingerprint density at radius 2 is 2.04 bits per heavy atom. The average Bonchev–Trinajstić information content (AvgIpc) is 2.90. The van der Waals surface area contributed by atoms with Gasteiger partial charge in [-0.15, -0.1) is 0 Å². The number of nitrogens with zero attached hydrogens (tertiary/aromatic N) is 2. The lowest BCUT2D eigenvalue weighted by Gasteiger charge is -2.27. The molecule has 3 nitrogen and oxygen atoms in total. The third kappa shape index (κ3) is 2.87. The highest BCUT2D eigenvalue weighted by atomic mass is 19.4. The number of rotatable bonds is 3. The normalized spacial score (nSPS) is 22.0. The fourth-order valence-corrected chi connectivity index (χ4v) is 3.09. The molecule has 1 aromatic heterocycles. The summed E-state index contributed by atoms with van der Waals surface area (Å²) >= 11 is 0. The number of hydrogen-bond donors (Lipinski definition) is 1. The first kappa shape index (κ1) is 16.1. The van der Waals surface area contributed by atoms with Gasteiger partial charge in [-0.3, -0.25) is 4.98 Å². The van der Waals surface area contributed by atoms with Gasteiger partial charge in [0.15, 0.2) is 5.60 Å². The number of aromatic nitrogens is 1. The zero-order valence-electron chi connectivity index (χ0n) is 12.9. The lowest BCUT2D eigenvalue weighted by Crippen LogP contribution is -2.47. The molecule has 6 heteroatoms. The number of aliphatic hydroxyl groups is 1. The van der Waals surface area contributed by atoms with Crippen molar-refractivity contribution in [2.45, 2.75) is 38.0 Å². The summed E-state index contributed by atoms with van der Waals surface area (Å²) in [5.74, 6) is 0. The smallest absolute Gasteiger partial charge is 0.379 e. The van der Waals surface area contributed by atoms with E-state index in [1.165, 1.54) is 0 Å².